The quantitative estimate of drug-likeness (QED) is 0.842. The van der Waals surface area contributed by atoms with Gasteiger partial charge in [-0.2, -0.15) is 0 Å². The third-order valence-electron chi connectivity index (χ3n) is 3.71. The molecule has 19 heavy (non-hydrogen) atoms. The summed E-state index contributed by atoms with van der Waals surface area (Å²) in [6, 6.07) is 8.41. The molecule has 0 bridgehead atoms. The van der Waals surface area contributed by atoms with Crippen LogP contribution in [0, 0.1) is 5.41 Å². The van der Waals surface area contributed by atoms with Gasteiger partial charge in [-0.25, -0.2) is 0 Å². The third-order valence-corrected chi connectivity index (χ3v) is 4.97. The Morgan fingerprint density at radius 2 is 2.26 bits per heavy atom. The van der Waals surface area contributed by atoms with Gasteiger partial charge in [-0.1, -0.05) is 18.2 Å². The van der Waals surface area contributed by atoms with E-state index < -0.39 is 5.41 Å². The molecule has 0 amide bonds. The summed E-state index contributed by atoms with van der Waals surface area (Å²) in [5, 5.41) is 0. The van der Waals surface area contributed by atoms with Crippen molar-refractivity contribution >= 4 is 17.7 Å². The molecule has 1 aromatic carbocycles. The number of rotatable bonds is 5. The molecule has 0 aliphatic carbocycles. The Balaban J connectivity index is 2.14. The molecule has 2 atom stereocenters. The van der Waals surface area contributed by atoms with Crippen LogP contribution in [0.25, 0.3) is 0 Å². The minimum Gasteiger partial charge on any atom is -0.466 e. The first-order chi connectivity index (χ1) is 9.10. The maximum atomic E-state index is 12.1. The fraction of sp³-hybridized carbons (Fsp3) is 0.533. The van der Waals surface area contributed by atoms with Gasteiger partial charge < -0.3 is 10.5 Å². The van der Waals surface area contributed by atoms with Crippen molar-refractivity contribution in [3.8, 4) is 0 Å². The number of nitrogens with two attached hydrogens (primary N) is 1. The Morgan fingerprint density at radius 1 is 1.53 bits per heavy atom. The monoisotopic (exact) mass is 279 g/mol. The predicted octanol–water partition coefficient (Wildman–Crippen LogP) is 2.79. The summed E-state index contributed by atoms with van der Waals surface area (Å²) in [5.41, 5.74) is 6.59. The van der Waals surface area contributed by atoms with Gasteiger partial charge in [0, 0.05) is 17.2 Å². The Morgan fingerprint density at radius 3 is 2.95 bits per heavy atom. The van der Waals surface area contributed by atoms with Crippen LogP contribution in [0.15, 0.2) is 29.2 Å². The van der Waals surface area contributed by atoms with Crippen LogP contribution in [0.3, 0.4) is 0 Å². The minimum absolute atomic E-state index is 0.174. The molecule has 0 spiro atoms. The molecule has 0 saturated carbocycles. The first kappa shape index (κ1) is 14.4. The van der Waals surface area contributed by atoms with Crippen molar-refractivity contribution in [3.05, 3.63) is 29.8 Å². The highest BCUT2D eigenvalue weighted by molar-refractivity contribution is 7.99. The minimum atomic E-state index is -0.585. The van der Waals surface area contributed by atoms with Gasteiger partial charge >= 0.3 is 5.97 Å². The van der Waals surface area contributed by atoms with Crippen LogP contribution in [0.5, 0.6) is 0 Å². The number of hydrogen-bond donors (Lipinski definition) is 1. The second kappa shape index (κ2) is 5.97. The predicted molar refractivity (Wildman–Crippen MR) is 78.3 cm³/mol. The normalized spacial score (nSPS) is 20.7. The van der Waals surface area contributed by atoms with Crippen LogP contribution >= 0.6 is 11.8 Å². The fourth-order valence-corrected chi connectivity index (χ4v) is 3.75. The lowest BCUT2D eigenvalue weighted by molar-refractivity contribution is -0.154. The van der Waals surface area contributed by atoms with Gasteiger partial charge in [0.2, 0.25) is 0 Å². The van der Waals surface area contributed by atoms with Crippen molar-refractivity contribution < 1.29 is 9.53 Å². The van der Waals surface area contributed by atoms with Crippen molar-refractivity contribution in [1.29, 1.82) is 0 Å². The van der Waals surface area contributed by atoms with E-state index in [2.05, 4.69) is 24.3 Å². The number of esters is 1. The zero-order valence-electron chi connectivity index (χ0n) is 11.5. The summed E-state index contributed by atoms with van der Waals surface area (Å²) in [4.78, 5) is 13.4. The topological polar surface area (TPSA) is 52.3 Å². The molecule has 0 aromatic heterocycles. The Labute approximate surface area is 118 Å². The number of fused-ring (bicyclic) bond motifs is 1. The molecule has 2 N–H and O–H groups in total. The second-order valence-electron chi connectivity index (χ2n) is 5.24. The van der Waals surface area contributed by atoms with E-state index in [9.17, 15) is 4.79 Å². The van der Waals surface area contributed by atoms with Gasteiger partial charge in [0.25, 0.3) is 0 Å². The van der Waals surface area contributed by atoms with Crippen LogP contribution in [0.1, 0.15) is 31.7 Å². The number of thioether (sulfide) groups is 1. The Hall–Kier alpha value is -1.00. The molecule has 0 radical (unpaired) electrons. The van der Waals surface area contributed by atoms with Crippen molar-refractivity contribution in [3.63, 3.8) is 0 Å². The molecular formula is C15H21NO2S. The smallest absolute Gasteiger partial charge is 0.313 e. The average Bonchev–Trinajstić information content (AvgIpc) is 2.82. The summed E-state index contributed by atoms with van der Waals surface area (Å²) in [7, 11) is 0. The molecule has 4 heteroatoms. The number of ether oxygens (including phenoxy) is 1. The lowest BCUT2D eigenvalue weighted by Crippen LogP contribution is -2.38. The molecule has 2 unspecified atom stereocenters. The molecule has 1 aliphatic rings. The van der Waals surface area contributed by atoms with Gasteiger partial charge in [0.05, 0.1) is 12.0 Å². The van der Waals surface area contributed by atoms with E-state index in [0.29, 0.717) is 19.1 Å². The van der Waals surface area contributed by atoms with Gasteiger partial charge in [-0.15, -0.1) is 11.8 Å². The summed E-state index contributed by atoms with van der Waals surface area (Å²) >= 11 is 1.86. The van der Waals surface area contributed by atoms with E-state index in [1.54, 1.807) is 0 Å². The number of carbonyl (C=O) groups is 1. The van der Waals surface area contributed by atoms with Gasteiger partial charge in [0.15, 0.2) is 0 Å². The summed E-state index contributed by atoms with van der Waals surface area (Å²) < 4.78 is 5.17. The molecule has 1 aliphatic heterocycles. The number of benzene rings is 1. The van der Waals surface area contributed by atoms with E-state index in [-0.39, 0.29) is 5.97 Å². The van der Waals surface area contributed by atoms with Crippen LogP contribution in [0.2, 0.25) is 0 Å². The standard InChI is InChI=1S/C15H21NO2S/c1-3-18-14(17)15(2,10-16)8-11-9-19-13-7-5-4-6-12(11)13/h4-7,11H,3,8-10,16H2,1-2H3. The van der Waals surface area contributed by atoms with Gasteiger partial charge in [-0.05, 0) is 37.8 Å². The highest BCUT2D eigenvalue weighted by Gasteiger charge is 2.38. The maximum Gasteiger partial charge on any atom is 0.313 e. The fourth-order valence-electron chi connectivity index (χ4n) is 2.50. The van der Waals surface area contributed by atoms with E-state index >= 15 is 0 Å². The van der Waals surface area contributed by atoms with Crippen molar-refractivity contribution in [2.45, 2.75) is 31.1 Å². The highest BCUT2D eigenvalue weighted by atomic mass is 32.2. The van der Waals surface area contributed by atoms with E-state index in [4.69, 9.17) is 10.5 Å². The van der Waals surface area contributed by atoms with Crippen LogP contribution in [-0.2, 0) is 9.53 Å². The van der Waals surface area contributed by atoms with E-state index in [0.717, 1.165) is 12.2 Å². The first-order valence-electron chi connectivity index (χ1n) is 6.69. The molecule has 104 valence electrons. The largest absolute Gasteiger partial charge is 0.466 e. The maximum absolute atomic E-state index is 12.1. The summed E-state index contributed by atoms with van der Waals surface area (Å²) in [5.74, 6) is 1.24. The first-order valence-corrected chi connectivity index (χ1v) is 7.68. The summed E-state index contributed by atoms with van der Waals surface area (Å²) in [6.07, 6.45) is 0.756. The van der Waals surface area contributed by atoms with Gasteiger partial charge in [0.1, 0.15) is 0 Å². The number of hydrogen-bond acceptors (Lipinski definition) is 4. The lowest BCUT2D eigenvalue weighted by Gasteiger charge is -2.28. The van der Waals surface area contributed by atoms with E-state index in [1.807, 2.05) is 25.6 Å². The summed E-state index contributed by atoms with van der Waals surface area (Å²) in [6.45, 7) is 4.48. The molecule has 0 fully saturated rings. The molecule has 1 aromatic rings. The highest BCUT2D eigenvalue weighted by Crippen LogP contribution is 2.44. The molecule has 2 rings (SSSR count). The number of carbonyl (C=O) groups excluding carboxylic acids is 1. The van der Waals surface area contributed by atoms with Crippen molar-refractivity contribution in [2.24, 2.45) is 11.1 Å². The van der Waals surface area contributed by atoms with E-state index in [1.165, 1.54) is 10.5 Å². The molecule has 0 saturated heterocycles. The molecule has 1 heterocycles. The van der Waals surface area contributed by atoms with Crippen molar-refractivity contribution in [1.82, 2.24) is 0 Å². The van der Waals surface area contributed by atoms with Gasteiger partial charge in [-0.3, -0.25) is 4.79 Å². The van der Waals surface area contributed by atoms with Crippen molar-refractivity contribution in [2.75, 3.05) is 18.9 Å². The Bertz CT molecular complexity index is 463. The zero-order valence-corrected chi connectivity index (χ0v) is 12.3. The lowest BCUT2D eigenvalue weighted by atomic mass is 9.79. The van der Waals surface area contributed by atoms with Crippen LogP contribution < -0.4 is 5.73 Å². The van der Waals surface area contributed by atoms with Crippen LogP contribution in [0.4, 0.5) is 0 Å². The molecular weight excluding hydrogens is 258 g/mol. The van der Waals surface area contributed by atoms with Crippen LogP contribution in [-0.4, -0.2) is 24.9 Å². The second-order valence-corrected chi connectivity index (χ2v) is 6.30. The third kappa shape index (κ3) is 2.95. The zero-order chi connectivity index (χ0) is 13.9. The molecule has 3 nitrogen and oxygen atoms in total. The average molecular weight is 279 g/mol. The SMILES string of the molecule is CCOC(=O)C(C)(CN)CC1CSc2ccccc21. The Kier molecular flexibility index (Phi) is 4.53.